The van der Waals surface area contributed by atoms with E-state index in [0.717, 1.165) is 12.8 Å². The number of nitrogens with zero attached hydrogens (tertiary/aromatic N) is 2. The van der Waals surface area contributed by atoms with Crippen LogP contribution in [-0.2, 0) is 17.8 Å². The van der Waals surface area contributed by atoms with E-state index in [1.165, 1.54) is 0 Å². The Morgan fingerprint density at radius 3 is 2.78 bits per heavy atom. The summed E-state index contributed by atoms with van der Waals surface area (Å²) >= 11 is 0. The van der Waals surface area contributed by atoms with Gasteiger partial charge >= 0.3 is 6.18 Å². The Kier molecular flexibility index (Phi) is 5.54. The SMILES string of the molecule is CC(N)CCCc1nc(COCC(F)(F)F)no1. The Balaban J connectivity index is 2.26. The van der Waals surface area contributed by atoms with Crippen molar-refractivity contribution in [2.24, 2.45) is 5.73 Å². The van der Waals surface area contributed by atoms with Crippen molar-refractivity contribution < 1.29 is 22.4 Å². The zero-order valence-electron chi connectivity index (χ0n) is 10.0. The monoisotopic (exact) mass is 267 g/mol. The minimum atomic E-state index is -4.34. The molecule has 8 heteroatoms. The number of hydrogen-bond donors (Lipinski definition) is 1. The van der Waals surface area contributed by atoms with Crippen molar-refractivity contribution in [2.45, 2.75) is 45.0 Å². The van der Waals surface area contributed by atoms with E-state index in [2.05, 4.69) is 14.9 Å². The number of nitrogens with two attached hydrogens (primary N) is 1. The van der Waals surface area contributed by atoms with Gasteiger partial charge in [-0.05, 0) is 19.8 Å². The van der Waals surface area contributed by atoms with Crippen LogP contribution in [0.15, 0.2) is 4.52 Å². The summed E-state index contributed by atoms with van der Waals surface area (Å²) in [5.74, 6) is 0.510. The smallest absolute Gasteiger partial charge is 0.364 e. The lowest BCUT2D eigenvalue weighted by Crippen LogP contribution is -2.17. The van der Waals surface area contributed by atoms with Crippen molar-refractivity contribution in [3.8, 4) is 0 Å². The molecule has 18 heavy (non-hydrogen) atoms. The van der Waals surface area contributed by atoms with Crippen molar-refractivity contribution in [3.05, 3.63) is 11.7 Å². The largest absolute Gasteiger partial charge is 0.411 e. The van der Waals surface area contributed by atoms with Crippen LogP contribution in [0.2, 0.25) is 0 Å². The van der Waals surface area contributed by atoms with Crippen molar-refractivity contribution in [1.29, 1.82) is 0 Å². The highest BCUT2D eigenvalue weighted by molar-refractivity contribution is 4.84. The molecule has 1 atom stereocenters. The minimum absolute atomic E-state index is 0.0995. The molecule has 5 nitrogen and oxygen atoms in total. The normalized spacial score (nSPS) is 13.8. The fraction of sp³-hybridized carbons (Fsp3) is 0.800. The number of rotatable bonds is 7. The Bertz CT molecular complexity index is 352. The molecule has 0 amide bonds. The lowest BCUT2D eigenvalue weighted by Gasteiger charge is -2.04. The quantitative estimate of drug-likeness (QED) is 0.815. The third-order valence-corrected chi connectivity index (χ3v) is 2.06. The summed E-state index contributed by atoms with van der Waals surface area (Å²) in [4.78, 5) is 3.92. The molecule has 0 fully saturated rings. The number of hydrogen-bond acceptors (Lipinski definition) is 5. The van der Waals surface area contributed by atoms with Crippen LogP contribution >= 0.6 is 0 Å². The summed E-state index contributed by atoms with van der Waals surface area (Å²) in [6, 6.07) is 0.0995. The number of alkyl halides is 3. The van der Waals surface area contributed by atoms with Crippen molar-refractivity contribution in [1.82, 2.24) is 10.1 Å². The van der Waals surface area contributed by atoms with Crippen molar-refractivity contribution >= 4 is 0 Å². The molecule has 0 aliphatic heterocycles. The van der Waals surface area contributed by atoms with Crippen LogP contribution in [0.3, 0.4) is 0 Å². The first-order valence-electron chi connectivity index (χ1n) is 5.58. The summed E-state index contributed by atoms with van der Waals surface area (Å²) in [6.45, 7) is 0.266. The predicted molar refractivity (Wildman–Crippen MR) is 56.6 cm³/mol. The zero-order valence-corrected chi connectivity index (χ0v) is 10.0. The third kappa shape index (κ3) is 6.55. The van der Waals surface area contributed by atoms with Gasteiger partial charge in [0.05, 0.1) is 0 Å². The molecule has 1 unspecified atom stereocenters. The van der Waals surface area contributed by atoms with E-state index in [1.807, 2.05) is 6.92 Å². The van der Waals surface area contributed by atoms with Crippen LogP contribution < -0.4 is 5.73 Å². The van der Waals surface area contributed by atoms with E-state index in [0.29, 0.717) is 12.3 Å². The van der Waals surface area contributed by atoms with E-state index in [1.54, 1.807) is 0 Å². The average Bonchev–Trinajstić information content (AvgIpc) is 2.63. The molecule has 0 saturated carbocycles. The molecule has 2 N–H and O–H groups in total. The third-order valence-electron chi connectivity index (χ3n) is 2.06. The highest BCUT2D eigenvalue weighted by Crippen LogP contribution is 2.15. The van der Waals surface area contributed by atoms with E-state index < -0.39 is 12.8 Å². The van der Waals surface area contributed by atoms with Gasteiger partial charge < -0.3 is 15.0 Å². The molecule has 1 rings (SSSR count). The highest BCUT2D eigenvalue weighted by Gasteiger charge is 2.27. The first-order valence-corrected chi connectivity index (χ1v) is 5.58. The average molecular weight is 267 g/mol. The van der Waals surface area contributed by atoms with Crippen LogP contribution in [0.4, 0.5) is 13.2 Å². The Morgan fingerprint density at radius 1 is 1.44 bits per heavy atom. The second-order valence-electron chi connectivity index (χ2n) is 4.08. The van der Waals surface area contributed by atoms with Gasteiger partial charge in [-0.2, -0.15) is 18.2 Å². The number of aromatic nitrogens is 2. The van der Waals surface area contributed by atoms with Gasteiger partial charge in [-0.25, -0.2) is 0 Å². The minimum Gasteiger partial charge on any atom is -0.364 e. The van der Waals surface area contributed by atoms with Crippen LogP contribution in [0.5, 0.6) is 0 Å². The van der Waals surface area contributed by atoms with Gasteiger partial charge in [0, 0.05) is 12.5 Å². The Hall–Kier alpha value is -1.15. The summed E-state index contributed by atoms with van der Waals surface area (Å²) in [5, 5.41) is 3.52. The van der Waals surface area contributed by atoms with Gasteiger partial charge in [0.1, 0.15) is 13.2 Å². The highest BCUT2D eigenvalue weighted by atomic mass is 19.4. The number of aryl methyl sites for hydroxylation is 1. The predicted octanol–water partition coefficient (Wildman–Crippen LogP) is 1.82. The lowest BCUT2D eigenvalue weighted by atomic mass is 10.1. The van der Waals surface area contributed by atoms with E-state index in [9.17, 15) is 13.2 Å². The van der Waals surface area contributed by atoms with E-state index in [4.69, 9.17) is 10.3 Å². The van der Waals surface area contributed by atoms with Crippen LogP contribution in [0.1, 0.15) is 31.5 Å². The number of halogens is 3. The molecule has 0 aromatic carbocycles. The first-order chi connectivity index (χ1) is 8.37. The standard InChI is InChI=1S/C10H16F3N3O2/c1-7(14)3-2-4-9-15-8(16-18-9)5-17-6-10(11,12)13/h7H,2-6,14H2,1H3. The molecule has 0 bridgehead atoms. The van der Waals surface area contributed by atoms with Crippen molar-refractivity contribution in [3.63, 3.8) is 0 Å². The van der Waals surface area contributed by atoms with Gasteiger partial charge in [0.25, 0.3) is 0 Å². The molecule has 1 heterocycles. The topological polar surface area (TPSA) is 74.2 Å². The molecule has 0 spiro atoms. The van der Waals surface area contributed by atoms with E-state index in [-0.39, 0.29) is 18.5 Å². The molecular formula is C10H16F3N3O2. The first kappa shape index (κ1) is 14.9. The maximum atomic E-state index is 11.8. The fourth-order valence-electron chi connectivity index (χ4n) is 1.28. The van der Waals surface area contributed by atoms with E-state index >= 15 is 0 Å². The molecule has 0 radical (unpaired) electrons. The summed E-state index contributed by atoms with van der Waals surface area (Å²) < 4.78 is 44.7. The van der Waals surface area contributed by atoms with Crippen LogP contribution in [0.25, 0.3) is 0 Å². The molecule has 0 saturated heterocycles. The molecule has 104 valence electrons. The van der Waals surface area contributed by atoms with Crippen molar-refractivity contribution in [2.75, 3.05) is 6.61 Å². The van der Waals surface area contributed by atoms with Crippen LogP contribution in [-0.4, -0.2) is 29.0 Å². The van der Waals surface area contributed by atoms with Gasteiger partial charge in [0.15, 0.2) is 5.82 Å². The number of ether oxygens (including phenoxy) is 1. The maximum absolute atomic E-state index is 11.8. The maximum Gasteiger partial charge on any atom is 0.411 e. The van der Waals surface area contributed by atoms with Gasteiger partial charge in [-0.1, -0.05) is 5.16 Å². The molecule has 1 aromatic rings. The second kappa shape index (κ2) is 6.69. The Morgan fingerprint density at radius 2 is 2.17 bits per heavy atom. The Labute approximate surface area is 102 Å². The molecule has 0 aliphatic rings. The summed E-state index contributed by atoms with van der Waals surface area (Å²) in [6.07, 6.45) is -2.16. The summed E-state index contributed by atoms with van der Waals surface area (Å²) in [7, 11) is 0. The lowest BCUT2D eigenvalue weighted by molar-refractivity contribution is -0.177. The van der Waals surface area contributed by atoms with Gasteiger partial charge in [-0.3, -0.25) is 0 Å². The fourth-order valence-corrected chi connectivity index (χ4v) is 1.28. The molecule has 1 aromatic heterocycles. The summed E-state index contributed by atoms with van der Waals surface area (Å²) in [5.41, 5.74) is 5.58. The van der Waals surface area contributed by atoms with Crippen LogP contribution in [0, 0.1) is 0 Å². The van der Waals surface area contributed by atoms with Gasteiger partial charge in [0.2, 0.25) is 5.89 Å². The zero-order chi connectivity index (χ0) is 13.6. The molecular weight excluding hydrogens is 251 g/mol. The molecule has 0 aliphatic carbocycles. The van der Waals surface area contributed by atoms with Gasteiger partial charge in [-0.15, -0.1) is 0 Å². The second-order valence-corrected chi connectivity index (χ2v) is 4.08.